The Labute approximate surface area is 127 Å². The lowest BCUT2D eigenvalue weighted by atomic mass is 9.44. The highest BCUT2D eigenvalue weighted by atomic mass is 19.2. The summed E-state index contributed by atoms with van der Waals surface area (Å²) in [6.45, 7) is 0.562. The summed E-state index contributed by atoms with van der Waals surface area (Å²) in [6, 6.07) is 4.66. The molecule has 2 heterocycles. The zero-order valence-electron chi connectivity index (χ0n) is 12.1. The maximum absolute atomic E-state index is 13.5. The van der Waals surface area contributed by atoms with Crippen LogP contribution in [0, 0.1) is 46.1 Å². The van der Waals surface area contributed by atoms with E-state index >= 15 is 0 Å². The lowest BCUT2D eigenvalue weighted by molar-refractivity contribution is -0.224. The number of nitrogens with zero attached hydrogens (tertiary/aromatic N) is 1. The van der Waals surface area contributed by atoms with Gasteiger partial charge in [-0.05, 0) is 60.1 Å². The molecule has 5 saturated carbocycles. The average Bonchev–Trinajstić information content (AvgIpc) is 3.14. The van der Waals surface area contributed by atoms with Crippen molar-refractivity contribution in [3.63, 3.8) is 0 Å². The van der Waals surface area contributed by atoms with Gasteiger partial charge in [0, 0.05) is 23.9 Å². The zero-order valence-corrected chi connectivity index (χ0v) is 12.1. The van der Waals surface area contributed by atoms with Crippen molar-refractivity contribution in [1.29, 1.82) is 0 Å². The first-order valence-electron chi connectivity index (χ1n) is 8.46. The summed E-state index contributed by atoms with van der Waals surface area (Å²) >= 11 is 0. The highest BCUT2D eigenvalue weighted by Gasteiger charge is 3.00. The topological polar surface area (TPSA) is 23.5 Å². The van der Waals surface area contributed by atoms with Crippen LogP contribution in [0.2, 0.25) is 0 Å². The second-order valence-electron chi connectivity index (χ2n) is 8.83. The minimum absolute atomic E-state index is 0.139. The molecule has 0 radical (unpaired) electrons. The summed E-state index contributed by atoms with van der Waals surface area (Å²) < 4.78 is 26.7. The highest BCUT2D eigenvalue weighted by molar-refractivity contribution is 5.48. The van der Waals surface area contributed by atoms with E-state index < -0.39 is 17.4 Å². The van der Waals surface area contributed by atoms with Crippen LogP contribution in [-0.2, 0) is 6.54 Å². The Morgan fingerprint density at radius 2 is 2.00 bits per heavy atom. The van der Waals surface area contributed by atoms with Crippen molar-refractivity contribution in [2.75, 3.05) is 0 Å². The number of hydrogen-bond donors (Lipinski definition) is 1. The average molecular weight is 301 g/mol. The smallest absolute Gasteiger partial charge is 0.159 e. The molecule has 7 aliphatic rings. The molecule has 22 heavy (non-hydrogen) atoms. The summed E-state index contributed by atoms with van der Waals surface area (Å²) in [5.74, 6) is 0.976. The Balaban J connectivity index is 1.36. The number of halogens is 2. The van der Waals surface area contributed by atoms with Crippen LogP contribution in [0.4, 0.5) is 8.78 Å². The maximum atomic E-state index is 13.5. The lowest BCUT2D eigenvalue weighted by Gasteiger charge is -2.60. The molecule has 4 heteroatoms. The first-order valence-corrected chi connectivity index (χ1v) is 8.46. The van der Waals surface area contributed by atoms with Crippen molar-refractivity contribution in [1.82, 2.24) is 4.90 Å². The van der Waals surface area contributed by atoms with Crippen molar-refractivity contribution >= 4 is 0 Å². The molecule has 0 aromatic heterocycles. The largest absolute Gasteiger partial charge is 0.375 e. The Bertz CT molecular complexity index is 780. The quantitative estimate of drug-likeness (QED) is 0.907. The van der Waals surface area contributed by atoms with Gasteiger partial charge >= 0.3 is 0 Å². The predicted octanol–water partition coefficient (Wildman–Crippen LogP) is 2.51. The molecule has 2 nitrogen and oxygen atoms in total. The summed E-state index contributed by atoms with van der Waals surface area (Å²) in [5, 5.41) is 11.6. The van der Waals surface area contributed by atoms with Gasteiger partial charge in [-0.1, -0.05) is 6.07 Å². The van der Waals surface area contributed by atoms with E-state index in [0.29, 0.717) is 35.8 Å². The third kappa shape index (κ3) is 0.743. The van der Waals surface area contributed by atoms with Crippen LogP contribution in [0.5, 0.6) is 0 Å². The molecule has 8 atom stereocenters. The second kappa shape index (κ2) is 2.78. The van der Waals surface area contributed by atoms with Crippen molar-refractivity contribution in [2.24, 2.45) is 34.5 Å². The van der Waals surface area contributed by atoms with Gasteiger partial charge in [0.15, 0.2) is 11.6 Å². The van der Waals surface area contributed by atoms with Crippen LogP contribution >= 0.6 is 0 Å². The maximum Gasteiger partial charge on any atom is 0.159 e. The van der Waals surface area contributed by atoms with Crippen LogP contribution in [0.25, 0.3) is 0 Å². The Morgan fingerprint density at radius 1 is 1.14 bits per heavy atom. The zero-order chi connectivity index (χ0) is 14.6. The standard InChI is InChI=1S/C18H17F2NO/c19-11-2-1-8(3-12(11)20)6-21-15-10-4-16-7-17(10)5-9(16)13(14(15)16)18(17,21)22/h1-3,9-10,13-15,22H,4-7H2. The van der Waals surface area contributed by atoms with E-state index in [0.717, 1.165) is 11.5 Å². The number of hydrogen-bond acceptors (Lipinski definition) is 2. The molecule has 2 saturated heterocycles. The van der Waals surface area contributed by atoms with E-state index in [1.54, 1.807) is 6.07 Å². The first-order chi connectivity index (χ1) is 10.5. The van der Waals surface area contributed by atoms with Gasteiger partial charge in [-0.2, -0.15) is 0 Å². The van der Waals surface area contributed by atoms with Gasteiger partial charge in [-0.25, -0.2) is 8.78 Å². The fraction of sp³-hybridized carbons (Fsp3) is 0.667. The number of rotatable bonds is 2. The fourth-order valence-electron chi connectivity index (χ4n) is 8.81. The molecule has 2 spiro atoms. The van der Waals surface area contributed by atoms with Crippen molar-refractivity contribution in [2.45, 2.75) is 37.6 Å². The van der Waals surface area contributed by atoms with Gasteiger partial charge in [0.1, 0.15) is 5.72 Å². The van der Waals surface area contributed by atoms with E-state index in [-0.39, 0.29) is 5.41 Å². The van der Waals surface area contributed by atoms with Crippen molar-refractivity contribution in [3.8, 4) is 0 Å². The van der Waals surface area contributed by atoms with Crippen LogP contribution in [0.1, 0.15) is 24.8 Å². The second-order valence-corrected chi connectivity index (χ2v) is 8.83. The first kappa shape index (κ1) is 11.5. The molecule has 0 amide bonds. The summed E-state index contributed by atoms with van der Waals surface area (Å²) in [5.41, 5.74) is 0.835. The third-order valence-electron chi connectivity index (χ3n) is 8.87. The minimum atomic E-state index is -0.795. The van der Waals surface area contributed by atoms with Gasteiger partial charge in [0.2, 0.25) is 0 Å². The minimum Gasteiger partial charge on any atom is -0.375 e. The summed E-state index contributed by atoms with van der Waals surface area (Å²) in [4.78, 5) is 2.29. The van der Waals surface area contributed by atoms with Gasteiger partial charge < -0.3 is 5.11 Å². The molecule has 2 aliphatic heterocycles. The summed E-state index contributed by atoms with van der Waals surface area (Å²) in [6.07, 6.45) is 3.78. The van der Waals surface area contributed by atoms with Crippen LogP contribution < -0.4 is 0 Å². The Hall–Kier alpha value is -1.00. The highest BCUT2D eigenvalue weighted by Crippen LogP contribution is 2.98. The van der Waals surface area contributed by atoms with Gasteiger partial charge in [0.25, 0.3) is 0 Å². The van der Waals surface area contributed by atoms with E-state index in [2.05, 4.69) is 4.90 Å². The van der Waals surface area contributed by atoms with Crippen molar-refractivity contribution < 1.29 is 13.9 Å². The Kier molecular flexibility index (Phi) is 1.45. The van der Waals surface area contributed by atoms with Crippen LogP contribution in [0.15, 0.2) is 18.2 Å². The summed E-state index contributed by atoms with van der Waals surface area (Å²) in [7, 11) is 0. The van der Waals surface area contributed by atoms with Gasteiger partial charge in [-0.15, -0.1) is 0 Å². The van der Waals surface area contributed by atoms with E-state index in [1.165, 1.54) is 31.4 Å². The molecule has 8 rings (SSSR count). The molecule has 1 aromatic rings. The van der Waals surface area contributed by atoms with E-state index in [4.69, 9.17) is 0 Å². The molecule has 1 aromatic carbocycles. The monoisotopic (exact) mass is 301 g/mol. The molecular weight excluding hydrogens is 284 g/mol. The third-order valence-corrected chi connectivity index (χ3v) is 8.87. The van der Waals surface area contributed by atoms with Crippen LogP contribution in [-0.4, -0.2) is 21.8 Å². The van der Waals surface area contributed by atoms with Crippen molar-refractivity contribution in [3.05, 3.63) is 35.4 Å². The SMILES string of the molecule is OC12C3C4CC15CC41CC5C(C31)N2Cc1ccc(F)c(F)c1. The fourth-order valence-corrected chi connectivity index (χ4v) is 8.81. The van der Waals surface area contributed by atoms with Gasteiger partial charge in [-0.3, -0.25) is 4.90 Å². The molecule has 114 valence electrons. The number of aliphatic hydroxyl groups is 1. The number of benzene rings is 1. The molecule has 5 aliphatic carbocycles. The van der Waals surface area contributed by atoms with E-state index in [1.807, 2.05) is 0 Å². The van der Waals surface area contributed by atoms with E-state index in [9.17, 15) is 13.9 Å². The lowest BCUT2D eigenvalue weighted by Crippen LogP contribution is -2.64. The predicted molar refractivity (Wildman–Crippen MR) is 73.3 cm³/mol. The normalized spacial score (nSPS) is 61.0. The molecule has 7 fully saturated rings. The molecular formula is C18H17F2NO. The van der Waals surface area contributed by atoms with Gasteiger partial charge in [0.05, 0.1) is 0 Å². The molecule has 6 bridgehead atoms. The molecule has 8 unspecified atom stereocenters. The van der Waals surface area contributed by atoms with Crippen LogP contribution in [0.3, 0.4) is 0 Å². The Morgan fingerprint density at radius 3 is 2.82 bits per heavy atom. The molecule has 1 N–H and O–H groups in total.